The predicted octanol–water partition coefficient (Wildman–Crippen LogP) is -2.20. The van der Waals surface area contributed by atoms with Gasteiger partial charge in [0.25, 0.3) is 0 Å². The van der Waals surface area contributed by atoms with Crippen molar-refractivity contribution in [1.82, 2.24) is 13.7 Å². The lowest BCUT2D eigenvalue weighted by Gasteiger charge is -2.12. The topological polar surface area (TPSA) is 134 Å². The summed E-state index contributed by atoms with van der Waals surface area (Å²) in [4.78, 5) is 43.9. The molecule has 0 atom stereocenters. The highest BCUT2D eigenvalue weighted by atomic mass is 17.1. The van der Waals surface area contributed by atoms with Crippen molar-refractivity contribution >= 4 is 0 Å². The van der Waals surface area contributed by atoms with Gasteiger partial charge in [-0.25, -0.2) is 37.9 Å². The molecular formula is C10H17N3O8. The van der Waals surface area contributed by atoms with Gasteiger partial charge in [0.15, 0.2) is 0 Å². The van der Waals surface area contributed by atoms with Gasteiger partial charge in [0.1, 0.15) is 13.2 Å². The number of hydrogen-bond donors (Lipinski definition) is 2. The van der Waals surface area contributed by atoms with Crippen LogP contribution in [0, 0.1) is 0 Å². The molecule has 2 N–H and O–H groups in total. The lowest BCUT2D eigenvalue weighted by molar-refractivity contribution is -0.244. The van der Waals surface area contributed by atoms with E-state index in [-0.39, 0.29) is 39.5 Å². The lowest BCUT2D eigenvalue weighted by atomic mass is 10.6. The Morgan fingerprint density at radius 1 is 0.762 bits per heavy atom. The van der Waals surface area contributed by atoms with Gasteiger partial charge >= 0.3 is 17.1 Å². The number of ether oxygens (including phenoxy) is 1. The van der Waals surface area contributed by atoms with Gasteiger partial charge in [-0.15, -0.1) is 0 Å². The molecule has 0 fully saturated rings. The van der Waals surface area contributed by atoms with Crippen LogP contribution in [0.2, 0.25) is 0 Å². The standard InChI is InChI=1S/C10H17N3O8/c1-19-5-2-11-8(14)12(3-6-20-17)10(16)13(9(11)15)4-7-21-18/h17-18H,2-7H2,1H3. The second kappa shape index (κ2) is 8.49. The molecule has 1 rings (SSSR count). The second-order valence-corrected chi connectivity index (χ2v) is 3.96. The molecule has 11 heteroatoms. The molecule has 11 nitrogen and oxygen atoms in total. The first-order valence-electron chi connectivity index (χ1n) is 6.04. The minimum Gasteiger partial charge on any atom is -0.383 e. The number of aromatic nitrogens is 3. The van der Waals surface area contributed by atoms with Crippen molar-refractivity contribution in [2.24, 2.45) is 0 Å². The van der Waals surface area contributed by atoms with E-state index >= 15 is 0 Å². The summed E-state index contributed by atoms with van der Waals surface area (Å²) in [6.07, 6.45) is 0. The minimum absolute atomic E-state index is 0.0472. The van der Waals surface area contributed by atoms with E-state index in [1.54, 1.807) is 0 Å². The zero-order chi connectivity index (χ0) is 15.8. The van der Waals surface area contributed by atoms with E-state index in [9.17, 15) is 14.4 Å². The Kier molecular flexibility index (Phi) is 6.98. The number of nitrogens with zero attached hydrogens (tertiary/aromatic N) is 3. The predicted molar refractivity (Wildman–Crippen MR) is 68.3 cm³/mol. The summed E-state index contributed by atoms with van der Waals surface area (Å²) in [5, 5.41) is 16.6. The number of methoxy groups -OCH3 is 1. The monoisotopic (exact) mass is 307 g/mol. The van der Waals surface area contributed by atoms with Crippen molar-refractivity contribution in [2.75, 3.05) is 26.9 Å². The largest absolute Gasteiger partial charge is 0.383 e. The highest BCUT2D eigenvalue weighted by molar-refractivity contribution is 4.79. The zero-order valence-corrected chi connectivity index (χ0v) is 11.4. The average Bonchev–Trinajstić information content (AvgIpc) is 2.47. The quantitative estimate of drug-likeness (QED) is 0.387. The third kappa shape index (κ3) is 4.09. The molecule has 0 aliphatic carbocycles. The lowest BCUT2D eigenvalue weighted by Crippen LogP contribution is -2.55. The molecule has 0 aliphatic heterocycles. The Morgan fingerprint density at radius 2 is 1.10 bits per heavy atom. The van der Waals surface area contributed by atoms with Crippen LogP contribution in [-0.4, -0.2) is 51.1 Å². The second-order valence-electron chi connectivity index (χ2n) is 3.96. The van der Waals surface area contributed by atoms with Crippen LogP contribution in [-0.2, 0) is 34.1 Å². The Hall–Kier alpha value is -1.79. The van der Waals surface area contributed by atoms with Crippen molar-refractivity contribution in [1.29, 1.82) is 0 Å². The molecule has 0 saturated carbocycles. The third-order valence-electron chi connectivity index (χ3n) is 2.72. The summed E-state index contributed by atoms with van der Waals surface area (Å²) in [5.41, 5.74) is -2.55. The Morgan fingerprint density at radius 3 is 1.38 bits per heavy atom. The molecule has 0 spiro atoms. The third-order valence-corrected chi connectivity index (χ3v) is 2.72. The van der Waals surface area contributed by atoms with Gasteiger partial charge in [0.2, 0.25) is 0 Å². The summed E-state index contributed by atoms with van der Waals surface area (Å²) in [6.45, 7) is -1.01. The van der Waals surface area contributed by atoms with E-state index in [4.69, 9.17) is 15.3 Å². The molecule has 0 aromatic carbocycles. The summed E-state index contributed by atoms with van der Waals surface area (Å²) >= 11 is 0. The summed E-state index contributed by atoms with van der Waals surface area (Å²) in [6, 6.07) is 0. The first-order valence-corrected chi connectivity index (χ1v) is 6.04. The maximum Gasteiger partial charge on any atom is 0.336 e. The van der Waals surface area contributed by atoms with Crippen LogP contribution in [0.1, 0.15) is 0 Å². The highest BCUT2D eigenvalue weighted by Crippen LogP contribution is 1.80. The van der Waals surface area contributed by atoms with Gasteiger partial charge in [-0.1, -0.05) is 0 Å². The van der Waals surface area contributed by atoms with Crippen molar-refractivity contribution < 1.29 is 25.0 Å². The first kappa shape index (κ1) is 17.3. The minimum atomic E-state index is -0.882. The number of rotatable bonds is 9. The molecule has 0 radical (unpaired) electrons. The van der Waals surface area contributed by atoms with Crippen LogP contribution < -0.4 is 17.1 Å². The highest BCUT2D eigenvalue weighted by Gasteiger charge is 2.15. The van der Waals surface area contributed by atoms with Crippen LogP contribution in [0.25, 0.3) is 0 Å². The van der Waals surface area contributed by atoms with E-state index in [2.05, 4.69) is 9.78 Å². The summed E-state index contributed by atoms with van der Waals surface area (Å²) in [7, 11) is 1.40. The van der Waals surface area contributed by atoms with Gasteiger partial charge in [-0.2, -0.15) is 0 Å². The number of hydrogen-bond acceptors (Lipinski definition) is 8. The van der Waals surface area contributed by atoms with Gasteiger partial charge in [0, 0.05) is 7.11 Å². The molecule has 120 valence electrons. The molecule has 0 amide bonds. The fourth-order valence-electron chi connectivity index (χ4n) is 1.70. The van der Waals surface area contributed by atoms with Crippen molar-refractivity contribution in [3.05, 3.63) is 31.5 Å². The maximum absolute atomic E-state index is 12.1. The normalized spacial score (nSPS) is 11.0. The van der Waals surface area contributed by atoms with Crippen molar-refractivity contribution in [3.8, 4) is 0 Å². The zero-order valence-electron chi connectivity index (χ0n) is 11.4. The molecular weight excluding hydrogens is 290 g/mol. The molecule has 0 saturated heterocycles. The van der Waals surface area contributed by atoms with E-state index in [0.717, 1.165) is 13.7 Å². The maximum atomic E-state index is 12.1. The van der Waals surface area contributed by atoms with E-state index in [1.807, 2.05) is 0 Å². The van der Waals surface area contributed by atoms with E-state index < -0.39 is 17.1 Å². The Labute approximate surface area is 118 Å². The van der Waals surface area contributed by atoms with Crippen LogP contribution in [0.4, 0.5) is 0 Å². The van der Waals surface area contributed by atoms with Gasteiger partial charge in [-0.05, 0) is 0 Å². The molecule has 0 aliphatic rings. The van der Waals surface area contributed by atoms with Gasteiger partial charge in [0.05, 0.1) is 26.2 Å². The summed E-state index contributed by atoms with van der Waals surface area (Å²) in [5.74, 6) is 0. The van der Waals surface area contributed by atoms with Crippen LogP contribution in [0.3, 0.4) is 0 Å². The molecule has 1 heterocycles. The first-order chi connectivity index (χ1) is 10.1. The van der Waals surface area contributed by atoms with E-state index in [1.165, 1.54) is 7.11 Å². The van der Waals surface area contributed by atoms with Crippen LogP contribution in [0.5, 0.6) is 0 Å². The van der Waals surface area contributed by atoms with Crippen molar-refractivity contribution in [3.63, 3.8) is 0 Å². The van der Waals surface area contributed by atoms with Crippen molar-refractivity contribution in [2.45, 2.75) is 19.6 Å². The van der Waals surface area contributed by atoms with Crippen LogP contribution >= 0.6 is 0 Å². The smallest absolute Gasteiger partial charge is 0.336 e. The van der Waals surface area contributed by atoms with Crippen LogP contribution in [0.15, 0.2) is 14.4 Å². The fraction of sp³-hybridized carbons (Fsp3) is 0.700. The fourth-order valence-corrected chi connectivity index (χ4v) is 1.70. The van der Waals surface area contributed by atoms with E-state index in [0.29, 0.717) is 0 Å². The Bertz CT molecular complexity index is 500. The molecule has 0 bridgehead atoms. The average molecular weight is 307 g/mol. The molecule has 21 heavy (non-hydrogen) atoms. The SMILES string of the molecule is COCCn1c(=O)n(CCOO)c(=O)n(CCOO)c1=O. The van der Waals surface area contributed by atoms with Gasteiger partial charge < -0.3 is 4.74 Å². The molecule has 0 unspecified atom stereocenters. The molecule has 1 aromatic rings. The molecule has 1 aromatic heterocycles. The van der Waals surface area contributed by atoms with Gasteiger partial charge in [-0.3, -0.25) is 10.5 Å². The summed E-state index contributed by atoms with van der Waals surface area (Å²) < 4.78 is 7.10. The Balaban J connectivity index is 3.39.